The highest BCUT2D eigenvalue weighted by Crippen LogP contribution is 2.06. The van der Waals surface area contributed by atoms with Gasteiger partial charge in [-0.1, -0.05) is 25.0 Å². The Labute approximate surface area is 72.8 Å². The molecule has 0 radical (unpaired) electrons. The van der Waals surface area contributed by atoms with Crippen molar-refractivity contribution in [3.05, 3.63) is 5.69 Å². The Bertz CT molecular complexity index is 241. The highest BCUT2D eigenvalue weighted by Gasteiger charge is 2.02. The van der Waals surface area contributed by atoms with Crippen molar-refractivity contribution >= 4 is 5.82 Å². The normalized spacial score (nSPS) is 10.5. The van der Waals surface area contributed by atoms with Gasteiger partial charge >= 0.3 is 0 Å². The molecule has 1 aromatic rings. The van der Waals surface area contributed by atoms with Crippen LogP contribution in [0.25, 0.3) is 0 Å². The standard InChI is InChI=1S/C8H16N4/c1-3-4-5-6-12-7(2)8(9)10-11-12/h3-6,9H2,1-2H3. The summed E-state index contributed by atoms with van der Waals surface area (Å²) in [5.41, 5.74) is 6.53. The molecule has 0 saturated carbocycles. The van der Waals surface area contributed by atoms with E-state index in [9.17, 15) is 0 Å². The molecule has 0 saturated heterocycles. The van der Waals surface area contributed by atoms with Crippen LogP contribution >= 0.6 is 0 Å². The minimum absolute atomic E-state index is 0.548. The molecule has 1 heterocycles. The van der Waals surface area contributed by atoms with Gasteiger partial charge in [0.15, 0.2) is 5.82 Å². The van der Waals surface area contributed by atoms with Gasteiger partial charge in [0.1, 0.15) is 0 Å². The first-order valence-corrected chi connectivity index (χ1v) is 4.41. The van der Waals surface area contributed by atoms with Crippen molar-refractivity contribution in [2.24, 2.45) is 0 Å². The number of unbranched alkanes of at least 4 members (excludes halogenated alkanes) is 2. The van der Waals surface area contributed by atoms with Crippen LogP contribution in [-0.4, -0.2) is 15.0 Å². The Kier molecular flexibility index (Phi) is 3.08. The van der Waals surface area contributed by atoms with E-state index in [0.717, 1.165) is 18.7 Å². The summed E-state index contributed by atoms with van der Waals surface area (Å²) in [7, 11) is 0. The number of nitrogens with two attached hydrogens (primary N) is 1. The predicted molar refractivity (Wildman–Crippen MR) is 48.7 cm³/mol. The fourth-order valence-corrected chi connectivity index (χ4v) is 1.10. The van der Waals surface area contributed by atoms with Crippen LogP contribution in [-0.2, 0) is 6.54 Å². The molecule has 0 aliphatic carbocycles. The summed E-state index contributed by atoms with van der Waals surface area (Å²) in [4.78, 5) is 0. The van der Waals surface area contributed by atoms with Crippen LogP contribution in [0.15, 0.2) is 0 Å². The average Bonchev–Trinajstić information content (AvgIpc) is 2.36. The second-order valence-corrected chi connectivity index (χ2v) is 2.99. The van der Waals surface area contributed by atoms with Crippen molar-refractivity contribution in [2.75, 3.05) is 5.73 Å². The number of hydrogen-bond donors (Lipinski definition) is 1. The van der Waals surface area contributed by atoms with Gasteiger partial charge in [-0.3, -0.25) is 0 Å². The van der Waals surface area contributed by atoms with E-state index >= 15 is 0 Å². The van der Waals surface area contributed by atoms with E-state index < -0.39 is 0 Å². The number of aryl methyl sites for hydroxylation is 1. The molecule has 0 aliphatic heterocycles. The zero-order chi connectivity index (χ0) is 8.97. The van der Waals surface area contributed by atoms with Crippen molar-refractivity contribution < 1.29 is 0 Å². The van der Waals surface area contributed by atoms with Gasteiger partial charge in [0.25, 0.3) is 0 Å². The van der Waals surface area contributed by atoms with Crippen LogP contribution < -0.4 is 5.73 Å². The molecule has 0 atom stereocenters. The summed E-state index contributed by atoms with van der Waals surface area (Å²) in [5.74, 6) is 0.548. The lowest BCUT2D eigenvalue weighted by Crippen LogP contribution is -2.02. The number of anilines is 1. The molecule has 12 heavy (non-hydrogen) atoms. The largest absolute Gasteiger partial charge is 0.381 e. The lowest BCUT2D eigenvalue weighted by atomic mass is 10.2. The monoisotopic (exact) mass is 168 g/mol. The Morgan fingerprint density at radius 3 is 2.67 bits per heavy atom. The molecule has 0 fully saturated rings. The third-order valence-corrected chi connectivity index (χ3v) is 1.99. The molecule has 0 amide bonds. The summed E-state index contributed by atoms with van der Waals surface area (Å²) >= 11 is 0. The van der Waals surface area contributed by atoms with Crippen LogP contribution in [0, 0.1) is 6.92 Å². The molecule has 4 nitrogen and oxygen atoms in total. The van der Waals surface area contributed by atoms with E-state index in [4.69, 9.17) is 5.73 Å². The smallest absolute Gasteiger partial charge is 0.168 e. The summed E-state index contributed by atoms with van der Waals surface area (Å²) in [5, 5.41) is 7.71. The fourth-order valence-electron chi connectivity index (χ4n) is 1.10. The molecular formula is C8H16N4. The minimum Gasteiger partial charge on any atom is -0.381 e. The van der Waals surface area contributed by atoms with E-state index in [1.807, 2.05) is 11.6 Å². The first-order valence-electron chi connectivity index (χ1n) is 4.41. The summed E-state index contributed by atoms with van der Waals surface area (Å²) in [6.07, 6.45) is 3.61. The second-order valence-electron chi connectivity index (χ2n) is 2.99. The Morgan fingerprint density at radius 2 is 2.17 bits per heavy atom. The zero-order valence-corrected chi connectivity index (χ0v) is 7.75. The van der Waals surface area contributed by atoms with E-state index in [2.05, 4.69) is 17.2 Å². The maximum absolute atomic E-state index is 5.55. The summed E-state index contributed by atoms with van der Waals surface area (Å²) < 4.78 is 1.87. The van der Waals surface area contributed by atoms with Crippen LogP contribution in [0.5, 0.6) is 0 Å². The summed E-state index contributed by atoms with van der Waals surface area (Å²) in [6.45, 7) is 5.06. The van der Waals surface area contributed by atoms with E-state index in [1.165, 1.54) is 12.8 Å². The van der Waals surface area contributed by atoms with Gasteiger partial charge in [0.05, 0.1) is 5.69 Å². The third-order valence-electron chi connectivity index (χ3n) is 1.99. The molecule has 4 heteroatoms. The maximum Gasteiger partial charge on any atom is 0.168 e. The number of hydrogen-bond acceptors (Lipinski definition) is 3. The summed E-state index contributed by atoms with van der Waals surface area (Å²) in [6, 6.07) is 0. The van der Waals surface area contributed by atoms with Crippen LogP contribution in [0.3, 0.4) is 0 Å². The first kappa shape index (κ1) is 9.03. The van der Waals surface area contributed by atoms with Crippen LogP contribution in [0.1, 0.15) is 31.9 Å². The topological polar surface area (TPSA) is 56.7 Å². The second kappa shape index (κ2) is 4.09. The van der Waals surface area contributed by atoms with Gasteiger partial charge in [0, 0.05) is 6.54 Å². The molecule has 0 aliphatic rings. The predicted octanol–water partition coefficient (Wildman–Crippen LogP) is 1.36. The van der Waals surface area contributed by atoms with Crippen molar-refractivity contribution in [3.8, 4) is 0 Å². The molecule has 68 valence electrons. The number of rotatable bonds is 4. The minimum atomic E-state index is 0.548. The average molecular weight is 168 g/mol. The van der Waals surface area contributed by atoms with Gasteiger partial charge in [-0.2, -0.15) is 0 Å². The quantitative estimate of drug-likeness (QED) is 0.690. The molecule has 0 aromatic carbocycles. The Hall–Kier alpha value is -1.06. The van der Waals surface area contributed by atoms with Crippen molar-refractivity contribution in [1.82, 2.24) is 15.0 Å². The van der Waals surface area contributed by atoms with Crippen molar-refractivity contribution in [3.63, 3.8) is 0 Å². The highest BCUT2D eigenvalue weighted by atomic mass is 15.4. The SMILES string of the molecule is CCCCCn1nnc(N)c1C. The lowest BCUT2D eigenvalue weighted by Gasteiger charge is -2.00. The third kappa shape index (κ3) is 1.96. The van der Waals surface area contributed by atoms with Crippen molar-refractivity contribution in [1.29, 1.82) is 0 Å². The van der Waals surface area contributed by atoms with Gasteiger partial charge in [-0.25, -0.2) is 4.68 Å². The zero-order valence-electron chi connectivity index (χ0n) is 7.75. The van der Waals surface area contributed by atoms with Gasteiger partial charge in [-0.05, 0) is 13.3 Å². The van der Waals surface area contributed by atoms with Gasteiger partial charge in [0.2, 0.25) is 0 Å². The molecule has 0 unspecified atom stereocenters. The van der Waals surface area contributed by atoms with Crippen molar-refractivity contribution in [2.45, 2.75) is 39.7 Å². The lowest BCUT2D eigenvalue weighted by molar-refractivity contribution is 0.527. The highest BCUT2D eigenvalue weighted by molar-refractivity contribution is 5.30. The first-order chi connectivity index (χ1) is 5.75. The Balaban J connectivity index is 2.46. The van der Waals surface area contributed by atoms with Gasteiger partial charge < -0.3 is 5.73 Å². The number of aromatic nitrogens is 3. The molecular weight excluding hydrogens is 152 g/mol. The number of nitrogens with zero attached hydrogens (tertiary/aromatic N) is 3. The molecule has 1 rings (SSSR count). The molecule has 1 aromatic heterocycles. The van der Waals surface area contributed by atoms with Crippen LogP contribution in [0.2, 0.25) is 0 Å². The molecule has 0 bridgehead atoms. The molecule has 0 spiro atoms. The Morgan fingerprint density at radius 1 is 1.42 bits per heavy atom. The molecule has 2 N–H and O–H groups in total. The van der Waals surface area contributed by atoms with E-state index in [0.29, 0.717) is 5.82 Å². The van der Waals surface area contributed by atoms with Gasteiger partial charge in [-0.15, -0.1) is 5.10 Å². The van der Waals surface area contributed by atoms with Crippen LogP contribution in [0.4, 0.5) is 5.82 Å². The van der Waals surface area contributed by atoms with E-state index in [-0.39, 0.29) is 0 Å². The maximum atomic E-state index is 5.55. The van der Waals surface area contributed by atoms with E-state index in [1.54, 1.807) is 0 Å². The fraction of sp³-hybridized carbons (Fsp3) is 0.750. The number of nitrogen functional groups attached to an aromatic ring is 1.